The first-order valence-electron chi connectivity index (χ1n) is 8.01. The molecule has 2 heterocycles. The second kappa shape index (κ2) is 7.59. The zero-order valence-electron chi connectivity index (χ0n) is 13.6. The van der Waals surface area contributed by atoms with Crippen molar-refractivity contribution in [1.29, 1.82) is 0 Å². The zero-order valence-corrected chi connectivity index (χ0v) is 13.6. The van der Waals surface area contributed by atoms with Gasteiger partial charge >= 0.3 is 0 Å². The van der Waals surface area contributed by atoms with Crippen LogP contribution in [0.1, 0.15) is 31.6 Å². The smallest absolute Gasteiger partial charge is 0.220 e. The summed E-state index contributed by atoms with van der Waals surface area (Å²) in [6.45, 7) is 2.42. The molecule has 1 atom stereocenters. The van der Waals surface area contributed by atoms with Crippen LogP contribution in [0, 0.1) is 0 Å². The van der Waals surface area contributed by atoms with Gasteiger partial charge in [-0.1, -0.05) is 24.3 Å². The van der Waals surface area contributed by atoms with E-state index in [1.165, 1.54) is 0 Å². The fourth-order valence-corrected chi connectivity index (χ4v) is 2.47. The molecule has 3 aromatic rings. The third kappa shape index (κ3) is 3.90. The standard InChI is InChI=1S/C18H20N4O2/c1-14(18-21-20-16-10-5-6-12-22(16)18)19-17(23)11-7-13-24-15-8-3-2-4-9-15/h2-6,8-10,12,14H,7,11,13H2,1H3,(H,19,23). The van der Waals surface area contributed by atoms with E-state index in [1.807, 2.05) is 66.1 Å². The second-order valence-corrected chi connectivity index (χ2v) is 5.54. The summed E-state index contributed by atoms with van der Waals surface area (Å²) in [7, 11) is 0. The van der Waals surface area contributed by atoms with Crippen molar-refractivity contribution in [3.8, 4) is 5.75 Å². The summed E-state index contributed by atoms with van der Waals surface area (Å²) in [6.07, 6.45) is 2.96. The highest BCUT2D eigenvalue weighted by molar-refractivity contribution is 5.76. The van der Waals surface area contributed by atoms with Gasteiger partial charge in [-0.05, 0) is 37.6 Å². The van der Waals surface area contributed by atoms with Crippen LogP contribution in [0.3, 0.4) is 0 Å². The Morgan fingerprint density at radius 2 is 1.96 bits per heavy atom. The van der Waals surface area contributed by atoms with Crippen LogP contribution in [0.15, 0.2) is 54.7 Å². The number of benzene rings is 1. The number of carbonyl (C=O) groups excluding carboxylic acids is 1. The van der Waals surface area contributed by atoms with Gasteiger partial charge in [0.15, 0.2) is 11.5 Å². The molecule has 0 aliphatic carbocycles. The summed E-state index contributed by atoms with van der Waals surface area (Å²) in [5, 5.41) is 11.2. The summed E-state index contributed by atoms with van der Waals surface area (Å²) in [5.74, 6) is 1.52. The minimum absolute atomic E-state index is 0.0214. The first kappa shape index (κ1) is 16.0. The molecule has 0 bridgehead atoms. The normalized spacial score (nSPS) is 12.0. The first-order chi connectivity index (χ1) is 11.7. The largest absolute Gasteiger partial charge is 0.494 e. The maximum Gasteiger partial charge on any atom is 0.220 e. The van der Waals surface area contributed by atoms with Crippen molar-refractivity contribution in [3.05, 3.63) is 60.6 Å². The molecule has 1 amide bonds. The zero-order chi connectivity index (χ0) is 16.8. The van der Waals surface area contributed by atoms with E-state index in [1.54, 1.807) is 0 Å². The predicted molar refractivity (Wildman–Crippen MR) is 90.7 cm³/mol. The molecule has 1 N–H and O–H groups in total. The van der Waals surface area contributed by atoms with Crippen LogP contribution in [0.4, 0.5) is 0 Å². The molecule has 0 radical (unpaired) electrons. The SMILES string of the molecule is CC(NC(=O)CCCOc1ccccc1)c1nnc2ccccn12. The van der Waals surface area contributed by atoms with E-state index in [2.05, 4.69) is 15.5 Å². The molecule has 1 unspecified atom stereocenters. The molecule has 3 rings (SSSR count). The van der Waals surface area contributed by atoms with Crippen molar-refractivity contribution < 1.29 is 9.53 Å². The van der Waals surface area contributed by atoms with E-state index in [0.717, 1.165) is 17.2 Å². The highest BCUT2D eigenvalue weighted by Crippen LogP contribution is 2.12. The maximum absolute atomic E-state index is 12.1. The lowest BCUT2D eigenvalue weighted by atomic mass is 10.2. The molecule has 6 heteroatoms. The summed E-state index contributed by atoms with van der Waals surface area (Å²) >= 11 is 0. The van der Waals surface area contributed by atoms with Gasteiger partial charge in [0, 0.05) is 12.6 Å². The van der Waals surface area contributed by atoms with E-state index in [0.29, 0.717) is 19.4 Å². The number of pyridine rings is 1. The lowest BCUT2D eigenvalue weighted by Gasteiger charge is -2.12. The van der Waals surface area contributed by atoms with Crippen molar-refractivity contribution in [2.24, 2.45) is 0 Å². The van der Waals surface area contributed by atoms with Crippen molar-refractivity contribution in [1.82, 2.24) is 19.9 Å². The van der Waals surface area contributed by atoms with Crippen molar-refractivity contribution >= 4 is 11.6 Å². The number of nitrogens with one attached hydrogen (secondary N) is 1. The summed E-state index contributed by atoms with van der Waals surface area (Å²) in [6, 6.07) is 15.1. The van der Waals surface area contributed by atoms with Crippen molar-refractivity contribution in [2.75, 3.05) is 6.61 Å². The van der Waals surface area contributed by atoms with Gasteiger partial charge in [0.05, 0.1) is 12.6 Å². The minimum Gasteiger partial charge on any atom is -0.494 e. The van der Waals surface area contributed by atoms with Gasteiger partial charge in [0.2, 0.25) is 5.91 Å². The van der Waals surface area contributed by atoms with Gasteiger partial charge < -0.3 is 10.1 Å². The fraction of sp³-hybridized carbons (Fsp3) is 0.278. The summed E-state index contributed by atoms with van der Waals surface area (Å²) in [5.41, 5.74) is 0.768. The third-order valence-electron chi connectivity index (χ3n) is 3.67. The van der Waals surface area contributed by atoms with Gasteiger partial charge in [-0.15, -0.1) is 10.2 Å². The van der Waals surface area contributed by atoms with E-state index >= 15 is 0 Å². The predicted octanol–water partition coefficient (Wildman–Crippen LogP) is 2.77. The van der Waals surface area contributed by atoms with Gasteiger partial charge in [-0.3, -0.25) is 9.20 Å². The number of ether oxygens (including phenoxy) is 1. The molecule has 0 saturated heterocycles. The van der Waals surface area contributed by atoms with Gasteiger partial charge in [0.1, 0.15) is 5.75 Å². The monoisotopic (exact) mass is 324 g/mol. The minimum atomic E-state index is -0.204. The Hall–Kier alpha value is -2.89. The maximum atomic E-state index is 12.1. The molecule has 0 aliphatic rings. The number of hydrogen-bond donors (Lipinski definition) is 1. The molecule has 0 fully saturated rings. The highest BCUT2D eigenvalue weighted by atomic mass is 16.5. The summed E-state index contributed by atoms with van der Waals surface area (Å²) in [4.78, 5) is 12.1. The number of aromatic nitrogens is 3. The van der Waals surface area contributed by atoms with Crippen LogP contribution in [-0.2, 0) is 4.79 Å². The lowest BCUT2D eigenvalue weighted by molar-refractivity contribution is -0.122. The van der Waals surface area contributed by atoms with Crippen molar-refractivity contribution in [3.63, 3.8) is 0 Å². The highest BCUT2D eigenvalue weighted by Gasteiger charge is 2.15. The van der Waals surface area contributed by atoms with E-state index in [9.17, 15) is 4.79 Å². The Morgan fingerprint density at radius 3 is 2.79 bits per heavy atom. The number of nitrogens with zero attached hydrogens (tertiary/aromatic N) is 3. The van der Waals surface area contributed by atoms with Crippen LogP contribution in [0.25, 0.3) is 5.65 Å². The Bertz CT molecular complexity index is 801. The van der Waals surface area contributed by atoms with Gasteiger partial charge in [-0.2, -0.15) is 0 Å². The quantitative estimate of drug-likeness (QED) is 0.679. The number of amides is 1. The second-order valence-electron chi connectivity index (χ2n) is 5.54. The van der Waals surface area contributed by atoms with Crippen LogP contribution in [0.2, 0.25) is 0 Å². The number of para-hydroxylation sites is 1. The Balaban J connectivity index is 1.46. The topological polar surface area (TPSA) is 68.5 Å². The number of rotatable bonds is 7. The summed E-state index contributed by atoms with van der Waals surface area (Å²) < 4.78 is 7.46. The average molecular weight is 324 g/mol. The Kier molecular flexibility index (Phi) is 5.05. The van der Waals surface area contributed by atoms with Gasteiger partial charge in [0.25, 0.3) is 0 Å². The molecule has 2 aromatic heterocycles. The number of carbonyl (C=O) groups is 1. The molecule has 0 spiro atoms. The molecular weight excluding hydrogens is 304 g/mol. The fourth-order valence-electron chi connectivity index (χ4n) is 2.47. The molecule has 24 heavy (non-hydrogen) atoms. The number of fused-ring (bicyclic) bond motifs is 1. The third-order valence-corrected chi connectivity index (χ3v) is 3.67. The van der Waals surface area contributed by atoms with Crippen LogP contribution in [-0.4, -0.2) is 27.1 Å². The van der Waals surface area contributed by atoms with E-state index in [-0.39, 0.29) is 11.9 Å². The van der Waals surface area contributed by atoms with Crippen LogP contribution in [0.5, 0.6) is 5.75 Å². The van der Waals surface area contributed by atoms with E-state index < -0.39 is 0 Å². The Morgan fingerprint density at radius 1 is 1.17 bits per heavy atom. The van der Waals surface area contributed by atoms with Gasteiger partial charge in [-0.25, -0.2) is 0 Å². The molecule has 0 aliphatic heterocycles. The van der Waals surface area contributed by atoms with Crippen LogP contribution >= 0.6 is 0 Å². The van der Waals surface area contributed by atoms with Crippen molar-refractivity contribution in [2.45, 2.75) is 25.8 Å². The Labute approximate surface area is 140 Å². The molecule has 0 saturated carbocycles. The first-order valence-corrected chi connectivity index (χ1v) is 8.01. The molecular formula is C18H20N4O2. The lowest BCUT2D eigenvalue weighted by Crippen LogP contribution is -2.28. The van der Waals surface area contributed by atoms with E-state index in [4.69, 9.17) is 4.74 Å². The molecule has 124 valence electrons. The molecule has 1 aromatic carbocycles. The molecule has 6 nitrogen and oxygen atoms in total. The van der Waals surface area contributed by atoms with Crippen LogP contribution < -0.4 is 10.1 Å². The number of hydrogen-bond acceptors (Lipinski definition) is 4. The average Bonchev–Trinajstić information content (AvgIpc) is 3.04.